The number of rotatable bonds is 6. The lowest BCUT2D eigenvalue weighted by Crippen LogP contribution is -2.23. The van der Waals surface area contributed by atoms with Crippen molar-refractivity contribution in [3.8, 4) is 28.1 Å². The molecule has 0 amide bonds. The molecule has 4 rings (SSSR count). The number of nitrogens with zero attached hydrogens (tertiary/aromatic N) is 1. The number of aromatic nitrogens is 1. The summed E-state index contributed by atoms with van der Waals surface area (Å²) in [5.41, 5.74) is 1.75. The maximum absolute atomic E-state index is 14.3. The van der Waals surface area contributed by atoms with Crippen molar-refractivity contribution in [3.05, 3.63) is 60.1 Å². The summed E-state index contributed by atoms with van der Waals surface area (Å²) in [6.45, 7) is 2.07. The molecule has 1 saturated carbocycles. The van der Waals surface area contributed by atoms with Crippen molar-refractivity contribution in [1.82, 2.24) is 5.16 Å². The van der Waals surface area contributed by atoms with E-state index in [1.165, 1.54) is 13.2 Å². The second-order valence-corrected chi connectivity index (χ2v) is 6.75. The highest BCUT2D eigenvalue weighted by Gasteiger charge is 2.57. The van der Waals surface area contributed by atoms with Gasteiger partial charge in [-0.15, -0.1) is 0 Å². The summed E-state index contributed by atoms with van der Waals surface area (Å²) in [4.78, 5) is 12.6. The highest BCUT2D eigenvalue weighted by Crippen LogP contribution is 2.54. The maximum Gasteiger partial charge on any atom is 0.319 e. The topological polar surface area (TPSA) is 61.6 Å². The summed E-state index contributed by atoms with van der Waals surface area (Å²) in [6.07, 6.45) is 1.27. The molecule has 0 radical (unpaired) electrons. The van der Waals surface area contributed by atoms with Gasteiger partial charge in [-0.25, -0.2) is 4.39 Å². The molecule has 5 nitrogen and oxygen atoms in total. The molecule has 0 saturated heterocycles. The maximum atomic E-state index is 14.3. The van der Waals surface area contributed by atoms with Crippen LogP contribution < -0.4 is 4.74 Å². The predicted molar refractivity (Wildman–Crippen MR) is 101 cm³/mol. The van der Waals surface area contributed by atoms with Crippen LogP contribution >= 0.6 is 0 Å². The van der Waals surface area contributed by atoms with Gasteiger partial charge >= 0.3 is 5.97 Å². The van der Waals surface area contributed by atoms with E-state index in [9.17, 15) is 9.18 Å². The Balaban J connectivity index is 1.88. The number of ether oxygens (including phenoxy) is 2. The molecular weight excluding hydrogens is 361 g/mol. The van der Waals surface area contributed by atoms with Crippen molar-refractivity contribution < 1.29 is 23.2 Å². The Kier molecular flexibility index (Phi) is 4.63. The standard InChI is InChI=1S/C22H20FNO4/c1-3-27-21(25)22(11-12-22)20-18(14-7-5-4-6-8-14)19(24-28-20)15-9-10-17(26-2)16(23)13-15/h4-10,13H,3,11-12H2,1-2H3. The third-order valence-corrected chi connectivity index (χ3v) is 5.03. The van der Waals surface area contributed by atoms with Gasteiger partial charge in [-0.05, 0) is 43.5 Å². The van der Waals surface area contributed by atoms with Gasteiger partial charge in [0.25, 0.3) is 0 Å². The van der Waals surface area contributed by atoms with Crippen LogP contribution in [0.25, 0.3) is 22.4 Å². The molecule has 3 aromatic rings. The smallest absolute Gasteiger partial charge is 0.319 e. The van der Waals surface area contributed by atoms with Crippen molar-refractivity contribution in [3.63, 3.8) is 0 Å². The fraction of sp³-hybridized carbons (Fsp3) is 0.273. The van der Waals surface area contributed by atoms with E-state index in [0.717, 1.165) is 5.56 Å². The Labute approximate surface area is 162 Å². The summed E-state index contributed by atoms with van der Waals surface area (Å²) in [7, 11) is 1.41. The average molecular weight is 381 g/mol. The third kappa shape index (κ3) is 2.95. The van der Waals surface area contributed by atoms with Crippen LogP contribution in [-0.2, 0) is 14.9 Å². The summed E-state index contributed by atoms with van der Waals surface area (Å²) in [5, 5.41) is 4.22. The number of carbonyl (C=O) groups is 1. The van der Waals surface area contributed by atoms with E-state index in [4.69, 9.17) is 14.0 Å². The molecule has 1 heterocycles. The van der Waals surface area contributed by atoms with Gasteiger partial charge in [0.05, 0.1) is 19.3 Å². The van der Waals surface area contributed by atoms with E-state index < -0.39 is 11.2 Å². The normalized spacial score (nSPS) is 14.5. The Morgan fingerprint density at radius 3 is 2.54 bits per heavy atom. The molecule has 0 aliphatic heterocycles. The number of carbonyl (C=O) groups excluding carboxylic acids is 1. The molecule has 1 fully saturated rings. The first kappa shape index (κ1) is 18.2. The first-order valence-corrected chi connectivity index (χ1v) is 9.17. The number of hydrogen-bond acceptors (Lipinski definition) is 5. The van der Waals surface area contributed by atoms with E-state index >= 15 is 0 Å². The third-order valence-electron chi connectivity index (χ3n) is 5.03. The minimum absolute atomic E-state index is 0.152. The van der Waals surface area contributed by atoms with Gasteiger partial charge in [0.2, 0.25) is 0 Å². The monoisotopic (exact) mass is 381 g/mol. The van der Waals surface area contributed by atoms with Crippen LogP contribution in [0.5, 0.6) is 5.75 Å². The van der Waals surface area contributed by atoms with Crippen LogP contribution in [0, 0.1) is 5.82 Å². The van der Waals surface area contributed by atoms with Crippen LogP contribution in [0.3, 0.4) is 0 Å². The molecule has 0 unspecified atom stereocenters. The van der Waals surface area contributed by atoms with Gasteiger partial charge in [-0.2, -0.15) is 0 Å². The molecule has 1 aliphatic rings. The van der Waals surface area contributed by atoms with E-state index in [1.807, 2.05) is 30.3 Å². The van der Waals surface area contributed by atoms with Crippen LogP contribution in [0.15, 0.2) is 53.1 Å². The molecule has 0 N–H and O–H groups in total. The highest BCUT2D eigenvalue weighted by molar-refractivity contribution is 5.92. The zero-order valence-corrected chi connectivity index (χ0v) is 15.7. The summed E-state index contributed by atoms with van der Waals surface area (Å²) >= 11 is 0. The highest BCUT2D eigenvalue weighted by atomic mass is 19.1. The average Bonchev–Trinajstić information content (AvgIpc) is 3.41. The largest absolute Gasteiger partial charge is 0.494 e. The molecule has 1 aromatic heterocycles. The molecule has 1 aliphatic carbocycles. The number of hydrogen-bond donors (Lipinski definition) is 0. The number of benzene rings is 2. The van der Waals surface area contributed by atoms with Crippen LogP contribution in [0.1, 0.15) is 25.5 Å². The molecule has 0 spiro atoms. The molecular formula is C22H20FNO4. The fourth-order valence-electron chi connectivity index (χ4n) is 3.42. The lowest BCUT2D eigenvalue weighted by molar-refractivity contribution is -0.146. The van der Waals surface area contributed by atoms with E-state index in [2.05, 4.69) is 5.16 Å². The van der Waals surface area contributed by atoms with Crippen LogP contribution in [-0.4, -0.2) is 24.8 Å². The van der Waals surface area contributed by atoms with Gasteiger partial charge in [0, 0.05) is 5.56 Å². The first-order chi connectivity index (χ1) is 13.6. The summed E-state index contributed by atoms with van der Waals surface area (Å²) in [5.74, 6) is -0.173. The zero-order valence-electron chi connectivity index (χ0n) is 15.7. The molecule has 6 heteroatoms. The molecule has 28 heavy (non-hydrogen) atoms. The lowest BCUT2D eigenvalue weighted by atomic mass is 9.92. The SMILES string of the molecule is CCOC(=O)C1(c2onc(-c3ccc(OC)c(F)c3)c2-c2ccccc2)CC1. The molecule has 144 valence electrons. The predicted octanol–water partition coefficient (Wildman–Crippen LogP) is 4.75. The number of methoxy groups -OCH3 is 1. The van der Waals surface area contributed by atoms with Crippen molar-refractivity contribution in [2.45, 2.75) is 25.2 Å². The first-order valence-electron chi connectivity index (χ1n) is 9.17. The minimum Gasteiger partial charge on any atom is -0.494 e. The molecule has 0 atom stereocenters. The molecule has 2 aromatic carbocycles. The lowest BCUT2D eigenvalue weighted by Gasteiger charge is -2.13. The molecule has 0 bridgehead atoms. The van der Waals surface area contributed by atoms with E-state index in [-0.39, 0.29) is 11.7 Å². The van der Waals surface area contributed by atoms with Gasteiger partial charge in [0.1, 0.15) is 11.1 Å². The van der Waals surface area contributed by atoms with Crippen molar-refractivity contribution in [2.75, 3.05) is 13.7 Å². The van der Waals surface area contributed by atoms with Crippen molar-refractivity contribution in [1.29, 1.82) is 0 Å². The van der Waals surface area contributed by atoms with E-state index in [1.54, 1.807) is 19.1 Å². The van der Waals surface area contributed by atoms with Gasteiger partial charge < -0.3 is 14.0 Å². The van der Waals surface area contributed by atoms with E-state index in [0.29, 0.717) is 42.0 Å². The fourth-order valence-corrected chi connectivity index (χ4v) is 3.42. The Morgan fingerprint density at radius 1 is 1.18 bits per heavy atom. The van der Waals surface area contributed by atoms with Gasteiger partial charge in [-0.3, -0.25) is 4.79 Å². The second-order valence-electron chi connectivity index (χ2n) is 6.75. The summed E-state index contributed by atoms with van der Waals surface area (Å²) < 4.78 is 30.3. The van der Waals surface area contributed by atoms with Crippen LogP contribution in [0.4, 0.5) is 4.39 Å². The zero-order chi connectivity index (χ0) is 19.7. The number of halogens is 1. The van der Waals surface area contributed by atoms with Gasteiger partial charge in [-0.1, -0.05) is 35.5 Å². The second kappa shape index (κ2) is 7.11. The number of esters is 1. The Bertz CT molecular complexity index is 1010. The summed E-state index contributed by atoms with van der Waals surface area (Å²) in [6, 6.07) is 14.2. The van der Waals surface area contributed by atoms with Crippen molar-refractivity contribution >= 4 is 5.97 Å². The van der Waals surface area contributed by atoms with Crippen LogP contribution in [0.2, 0.25) is 0 Å². The van der Waals surface area contributed by atoms with Crippen molar-refractivity contribution in [2.24, 2.45) is 0 Å². The van der Waals surface area contributed by atoms with Gasteiger partial charge in [0.15, 0.2) is 17.3 Å². The quantitative estimate of drug-likeness (QED) is 0.577. The Morgan fingerprint density at radius 2 is 1.93 bits per heavy atom. The minimum atomic E-state index is -0.822. The Hall–Kier alpha value is -3.15.